The van der Waals surface area contributed by atoms with Gasteiger partial charge in [0.2, 0.25) is 0 Å². The van der Waals surface area contributed by atoms with Gasteiger partial charge in [-0.15, -0.1) is 14.2 Å². The molecule has 0 unspecified atom stereocenters. The van der Waals surface area contributed by atoms with Gasteiger partial charge < -0.3 is 20.1 Å². The van der Waals surface area contributed by atoms with Gasteiger partial charge in [-0.2, -0.15) is 42.8 Å². The van der Waals surface area contributed by atoms with Gasteiger partial charge >= 0.3 is 64.6 Å². The number of anilines is 1. The zero-order valence-corrected chi connectivity index (χ0v) is 56.2. The Morgan fingerprint density at radius 2 is 0.853 bits per heavy atom. The zero-order chi connectivity index (χ0) is 74.6. The fourth-order valence-corrected chi connectivity index (χ4v) is 12.5. The van der Waals surface area contributed by atoms with Crippen LogP contribution in [0.1, 0.15) is 42.6 Å². The summed E-state index contributed by atoms with van der Waals surface area (Å²) in [5.41, 5.74) is -1.50. The van der Waals surface area contributed by atoms with Gasteiger partial charge in [0.25, 0.3) is 16.7 Å². The molecule has 0 radical (unpaired) electrons. The van der Waals surface area contributed by atoms with Crippen LogP contribution in [0.4, 0.5) is 23.2 Å². The van der Waals surface area contributed by atoms with Crippen molar-refractivity contribution in [2.24, 2.45) is 0 Å². The number of esters is 2. The van der Waals surface area contributed by atoms with Crippen molar-refractivity contribution in [3.63, 3.8) is 0 Å². The Morgan fingerprint density at radius 1 is 0.490 bits per heavy atom. The number of carbonyl (C=O) groups is 5. The second kappa shape index (κ2) is 29.4. The molecule has 2 amide bonds. The Bertz CT molecular complexity index is 5820. The molecule has 0 aliphatic heterocycles. The number of rotatable bonds is 23. The van der Waals surface area contributed by atoms with E-state index in [2.05, 4.69) is 52.8 Å². The summed E-state index contributed by atoms with van der Waals surface area (Å²) in [7, 11) is -16.3. The normalized spacial score (nSPS) is 11.8. The van der Waals surface area contributed by atoms with Crippen LogP contribution in [0.3, 0.4) is 0 Å². The lowest BCUT2D eigenvalue weighted by molar-refractivity contribution is -0.141. The molecule has 0 saturated carbocycles. The highest BCUT2D eigenvalue weighted by atomic mass is 32.2. The van der Waals surface area contributed by atoms with Gasteiger partial charge in [-0.25, -0.2) is 9.59 Å². The van der Waals surface area contributed by atoms with Crippen molar-refractivity contribution in [3.8, 4) is 0 Å². The van der Waals surface area contributed by atoms with Crippen LogP contribution in [0, 0.1) is 0 Å². The number of hydrogen-bond donors (Lipinski definition) is 2. The number of Topliss-reactive ketones (excluding diaryl/α,β-unsaturated/α-hetero) is 1. The molecule has 526 valence electrons. The van der Waals surface area contributed by atoms with Crippen LogP contribution in [-0.4, -0.2) is 99.2 Å². The molecule has 11 aromatic rings. The van der Waals surface area contributed by atoms with E-state index in [0.717, 1.165) is 5.39 Å². The van der Waals surface area contributed by atoms with Crippen LogP contribution in [-0.2, 0) is 59.0 Å². The van der Waals surface area contributed by atoms with Crippen molar-refractivity contribution in [2.45, 2.75) is 42.1 Å². The van der Waals surface area contributed by atoms with Crippen LogP contribution in [0.5, 0.6) is 0 Å². The molecule has 0 saturated heterocycles. The lowest BCUT2D eigenvalue weighted by atomic mass is 10.0. The summed E-state index contributed by atoms with van der Waals surface area (Å²) < 4.78 is 158. The van der Waals surface area contributed by atoms with Gasteiger partial charge in [-0.3, -0.25) is 41.6 Å². The van der Waals surface area contributed by atoms with Gasteiger partial charge in [-0.1, -0.05) is 149 Å². The van der Waals surface area contributed by atoms with E-state index in [1.165, 1.54) is 92.7 Å². The number of alkyl halides is 4. The molecular weight excluding hydrogens is 1400 g/mol. The van der Waals surface area contributed by atoms with Crippen molar-refractivity contribution in [1.29, 1.82) is 0 Å². The molecule has 0 bridgehead atoms. The minimum atomic E-state index is -5.99. The quantitative estimate of drug-likeness (QED) is 0.0215. The minimum Gasteiger partial charge on any atom is -0.462 e. The van der Waals surface area contributed by atoms with Crippen LogP contribution in [0.25, 0.3) is 90.4 Å². The number of aromatic nitrogens is 3. The Balaban J connectivity index is 0.000000178. The van der Waals surface area contributed by atoms with E-state index in [9.17, 15) is 81.2 Å². The second-order valence-electron chi connectivity index (χ2n) is 22.3. The maximum atomic E-state index is 14.7. The van der Waals surface area contributed by atoms with Crippen molar-refractivity contribution in [2.75, 3.05) is 25.1 Å². The number of nitrogens with zero attached hydrogens (tertiary/aromatic N) is 3. The lowest BCUT2D eigenvalue weighted by Crippen LogP contribution is -2.52. The molecule has 0 aliphatic rings. The zero-order valence-electron chi connectivity index (χ0n) is 53.7. The average Bonchev–Trinajstić information content (AvgIpc) is 0.752. The van der Waals surface area contributed by atoms with Gasteiger partial charge in [0, 0.05) is 61.1 Å². The van der Waals surface area contributed by atoms with Gasteiger partial charge in [0.15, 0.2) is 5.78 Å². The maximum absolute atomic E-state index is 14.7. The SMILES string of the molecule is C=C(C)C(=O)OCCCC(=O)c1ccc(S(=O)(=O)On2c(=C)c3cccc4cccc(c2=O)c43)cc1.C=C(C)C(=O)OCCNC(=O)C(F)(F)S(=O)(=O)On1c(=C)c2cccc3cccc(c1=O)c32.C=Cc1ccc(NC(=O)C(F)(F)S(=O)(=O)On2c(=C)c3cccc4cccc(c2=O)c43)cc1. The Morgan fingerprint density at radius 3 is 1.24 bits per heavy atom. The molecule has 102 heavy (non-hydrogen) atoms. The summed E-state index contributed by atoms with van der Waals surface area (Å²) in [5, 5.41) is -1.73. The van der Waals surface area contributed by atoms with E-state index in [0.29, 0.717) is 70.8 Å². The molecule has 3 aromatic heterocycles. The summed E-state index contributed by atoms with van der Waals surface area (Å²) in [4.78, 5) is 97.5. The highest BCUT2D eigenvalue weighted by Crippen LogP contribution is 2.29. The van der Waals surface area contributed by atoms with E-state index in [1.807, 2.05) is 17.4 Å². The lowest BCUT2D eigenvalue weighted by Gasteiger charge is -2.18. The number of halogens is 4. The van der Waals surface area contributed by atoms with Crippen LogP contribution in [0.2, 0.25) is 0 Å². The molecule has 8 aromatic carbocycles. The standard InChI is InChI=1S/C27H23NO7S.C23H16F2N2O5S.C21H18F2N2O7S/c1-17(2)27(31)34-16-6-11-24(29)19-12-14-21(15-13-19)36(32,33)35-28-18(3)22-9-4-7-20-8-5-10-23(25(20)22)26(28)30;1-3-15-10-12-17(13-11-15)26-22(29)23(24,25)33(30,31)32-27-14(2)18-8-4-6-16-7-5-9-19(20(16)18)21(27)28;1-12(2)19(27)31-11-10-24-20(28)21(22,23)33(29,30)32-25-13(3)15-8-4-6-14-7-5-9-16(17(14)15)18(25)26/h4-5,7-10,12-15H,1,3,6,11,16H2,2H3;3-13H,1-2H2,(H,26,29);4-9H,1,3,10-11H2,2H3,(H,24,28). The smallest absolute Gasteiger partial charge is 0.459 e. The van der Waals surface area contributed by atoms with Crippen molar-refractivity contribution in [3.05, 3.63) is 247 Å². The Hall–Kier alpha value is -12.1. The summed E-state index contributed by atoms with van der Waals surface area (Å²) in [6, 6.07) is 40.4. The fourth-order valence-electron chi connectivity index (χ4n) is 10.1. The van der Waals surface area contributed by atoms with E-state index in [-0.39, 0.29) is 76.8 Å². The van der Waals surface area contributed by atoms with Gasteiger partial charge in [0.1, 0.15) is 11.5 Å². The molecule has 31 heteroatoms. The van der Waals surface area contributed by atoms with Gasteiger partial charge in [-0.05, 0) is 96.6 Å². The molecule has 0 atom stereocenters. The van der Waals surface area contributed by atoms with E-state index >= 15 is 0 Å². The highest BCUT2D eigenvalue weighted by Gasteiger charge is 2.57. The predicted octanol–water partition coefficient (Wildman–Crippen LogP) is 6.97. The minimum absolute atomic E-state index is 0.0118. The van der Waals surface area contributed by atoms with Crippen molar-refractivity contribution in [1.82, 2.24) is 19.5 Å². The summed E-state index contributed by atoms with van der Waals surface area (Å²) in [6.45, 7) is 23.3. The summed E-state index contributed by atoms with van der Waals surface area (Å²) in [6.07, 6.45) is 1.92. The predicted molar refractivity (Wildman–Crippen MR) is 374 cm³/mol. The number of ketones is 1. The molecule has 24 nitrogen and oxygen atoms in total. The van der Waals surface area contributed by atoms with E-state index in [4.69, 9.17) is 9.02 Å². The third kappa shape index (κ3) is 14.9. The number of carbonyl (C=O) groups excluding carboxylic acids is 5. The first kappa shape index (κ1) is 74.1. The molecule has 0 spiro atoms. The number of pyridine rings is 3. The Labute approximate surface area is 575 Å². The molecule has 11 rings (SSSR count). The third-order valence-corrected chi connectivity index (χ3v) is 18.8. The molecular formula is C71H57F4N5O19S3. The van der Waals surface area contributed by atoms with Crippen LogP contribution >= 0.6 is 0 Å². The maximum Gasteiger partial charge on any atom is 0.459 e. The summed E-state index contributed by atoms with van der Waals surface area (Å²) in [5.74, 6) is -5.95. The largest absolute Gasteiger partial charge is 0.462 e. The molecule has 0 fully saturated rings. The van der Waals surface area contributed by atoms with Crippen LogP contribution in [0.15, 0.2) is 208 Å². The van der Waals surface area contributed by atoms with Crippen LogP contribution < -0.4 is 56.2 Å². The molecule has 3 heterocycles. The molecule has 2 N–H and O–H groups in total. The topological polar surface area (TPSA) is 324 Å². The van der Waals surface area contributed by atoms with Gasteiger partial charge in [0.05, 0.1) is 45.4 Å². The van der Waals surface area contributed by atoms with E-state index in [1.54, 1.807) is 78.1 Å². The fraction of sp³-hybridized carbons (Fsp3) is 0.127. The monoisotopic (exact) mass is 1460 g/mol. The van der Waals surface area contributed by atoms with Crippen molar-refractivity contribution >= 4 is 156 Å². The second-order valence-corrected chi connectivity index (χ2v) is 27.0. The third-order valence-electron chi connectivity index (χ3n) is 15.3. The number of ether oxygens (including phenoxy) is 2. The number of amides is 2. The first-order chi connectivity index (χ1) is 48.0. The number of nitrogens with one attached hydrogen (secondary N) is 2. The average molecular weight is 1460 g/mol. The summed E-state index contributed by atoms with van der Waals surface area (Å²) >= 11 is 0. The van der Waals surface area contributed by atoms with Crippen molar-refractivity contribution < 1.29 is 89.1 Å². The first-order valence-electron chi connectivity index (χ1n) is 29.9. The highest BCUT2D eigenvalue weighted by molar-refractivity contribution is 7.89. The number of benzene rings is 8. The van der Waals surface area contributed by atoms with E-state index < -0.39 is 94.4 Å². The Kier molecular flexibility index (Phi) is 21.4. The first-order valence-corrected chi connectivity index (χ1v) is 34.1. The molecule has 0 aliphatic carbocycles. The number of hydrogen-bond acceptors (Lipinski definition) is 19.